The van der Waals surface area contributed by atoms with E-state index < -0.39 is 11.6 Å². The summed E-state index contributed by atoms with van der Waals surface area (Å²) in [6.07, 6.45) is 0. The molecule has 0 atom stereocenters. The van der Waals surface area contributed by atoms with Gasteiger partial charge in [-0.2, -0.15) is 4.98 Å². The minimum absolute atomic E-state index is 0.259. The maximum Gasteiger partial charge on any atom is 0.229 e. The first kappa shape index (κ1) is 17.1. The Morgan fingerprint density at radius 3 is 2.36 bits per heavy atom. The number of rotatable bonds is 4. The normalized spacial score (nSPS) is 10.6. The summed E-state index contributed by atoms with van der Waals surface area (Å²) in [5.41, 5.74) is 2.09. The Bertz CT molecular complexity index is 911. The van der Waals surface area contributed by atoms with E-state index in [0.717, 1.165) is 11.3 Å². The van der Waals surface area contributed by atoms with E-state index in [9.17, 15) is 8.78 Å². The molecule has 4 nitrogen and oxygen atoms in total. The quantitative estimate of drug-likeness (QED) is 0.644. The average molecular weight is 361 g/mol. The van der Waals surface area contributed by atoms with Crippen LogP contribution in [0.15, 0.2) is 42.5 Å². The fourth-order valence-electron chi connectivity index (χ4n) is 2.28. The van der Waals surface area contributed by atoms with Crippen LogP contribution in [0.3, 0.4) is 0 Å². The molecule has 2 N–H and O–H groups in total. The molecule has 0 spiro atoms. The van der Waals surface area contributed by atoms with Gasteiger partial charge in [-0.3, -0.25) is 0 Å². The van der Waals surface area contributed by atoms with Crippen molar-refractivity contribution in [1.29, 1.82) is 0 Å². The summed E-state index contributed by atoms with van der Waals surface area (Å²) in [5.74, 6) is -0.823. The largest absolute Gasteiger partial charge is 0.335 e. The van der Waals surface area contributed by atoms with Gasteiger partial charge in [0.25, 0.3) is 0 Å². The number of anilines is 4. The van der Waals surface area contributed by atoms with E-state index >= 15 is 0 Å². The van der Waals surface area contributed by atoms with Crippen LogP contribution >= 0.6 is 11.6 Å². The highest BCUT2D eigenvalue weighted by molar-refractivity contribution is 6.30. The molecule has 0 aliphatic carbocycles. The van der Waals surface area contributed by atoms with Gasteiger partial charge in [-0.25, -0.2) is 13.8 Å². The first-order chi connectivity index (χ1) is 11.9. The zero-order valence-electron chi connectivity index (χ0n) is 13.6. The van der Waals surface area contributed by atoms with Crippen molar-refractivity contribution in [2.24, 2.45) is 0 Å². The summed E-state index contributed by atoms with van der Waals surface area (Å²) < 4.78 is 27.6. The highest BCUT2D eigenvalue weighted by Gasteiger charge is 2.11. The van der Waals surface area contributed by atoms with Crippen molar-refractivity contribution in [3.8, 4) is 0 Å². The summed E-state index contributed by atoms with van der Waals surface area (Å²) in [6, 6.07) is 10.7. The van der Waals surface area contributed by atoms with Crippen LogP contribution in [0.25, 0.3) is 0 Å². The van der Waals surface area contributed by atoms with Crippen LogP contribution in [0, 0.1) is 25.5 Å². The lowest BCUT2D eigenvalue weighted by molar-refractivity contribution is 0.590. The van der Waals surface area contributed by atoms with Crippen LogP contribution in [0.4, 0.5) is 31.9 Å². The number of hydrogen-bond acceptors (Lipinski definition) is 4. The van der Waals surface area contributed by atoms with Gasteiger partial charge in [0.2, 0.25) is 5.95 Å². The molecule has 1 aromatic heterocycles. The molecule has 7 heteroatoms. The first-order valence-corrected chi connectivity index (χ1v) is 7.90. The van der Waals surface area contributed by atoms with Crippen LogP contribution in [0.1, 0.15) is 11.3 Å². The van der Waals surface area contributed by atoms with Crippen molar-refractivity contribution in [3.63, 3.8) is 0 Å². The monoisotopic (exact) mass is 360 g/mol. The zero-order chi connectivity index (χ0) is 18.0. The van der Waals surface area contributed by atoms with Crippen molar-refractivity contribution < 1.29 is 8.78 Å². The third kappa shape index (κ3) is 4.03. The Morgan fingerprint density at radius 2 is 1.64 bits per heavy atom. The third-order valence-electron chi connectivity index (χ3n) is 3.52. The van der Waals surface area contributed by atoms with Crippen molar-refractivity contribution in [3.05, 3.63) is 70.4 Å². The Hall–Kier alpha value is -2.73. The van der Waals surface area contributed by atoms with Crippen molar-refractivity contribution in [1.82, 2.24) is 9.97 Å². The summed E-state index contributed by atoms with van der Waals surface area (Å²) in [6.45, 7) is 3.68. The molecule has 3 aromatic rings. The number of nitrogens with zero attached hydrogens (tertiary/aromatic N) is 2. The minimum Gasteiger partial charge on any atom is -0.335 e. The number of nitrogens with one attached hydrogen (secondary N) is 2. The Labute approximate surface area is 148 Å². The molecule has 0 aliphatic heterocycles. The molecule has 0 bridgehead atoms. The summed E-state index contributed by atoms with van der Waals surface area (Å²) in [5, 5.41) is 6.32. The molecule has 0 aliphatic rings. The zero-order valence-corrected chi connectivity index (χ0v) is 14.3. The standard InChI is InChI=1S/C18H15ClF2N4/c1-10-6-7-12(19)9-15(10)23-18-22-11(2)8-16(25-18)24-17-13(20)4-3-5-14(17)21/h3-9H,1-2H3,(H2,22,23,24,25). The number of benzene rings is 2. The topological polar surface area (TPSA) is 49.8 Å². The summed E-state index contributed by atoms with van der Waals surface area (Å²) in [7, 11) is 0. The third-order valence-corrected chi connectivity index (χ3v) is 3.75. The maximum atomic E-state index is 13.8. The number of hydrogen-bond donors (Lipinski definition) is 2. The van der Waals surface area contributed by atoms with E-state index in [2.05, 4.69) is 20.6 Å². The van der Waals surface area contributed by atoms with Crippen molar-refractivity contribution in [2.75, 3.05) is 10.6 Å². The van der Waals surface area contributed by atoms with Gasteiger partial charge >= 0.3 is 0 Å². The second kappa shape index (κ2) is 7.03. The minimum atomic E-state index is -0.698. The maximum absolute atomic E-state index is 13.8. The molecule has 0 fully saturated rings. The van der Waals surface area contributed by atoms with Crippen molar-refractivity contribution in [2.45, 2.75) is 13.8 Å². The Morgan fingerprint density at radius 1 is 0.920 bits per heavy atom. The van der Waals surface area contributed by atoms with Gasteiger partial charge in [0.1, 0.15) is 23.1 Å². The Kier molecular flexibility index (Phi) is 4.81. The van der Waals surface area contributed by atoms with Gasteiger partial charge < -0.3 is 10.6 Å². The molecule has 3 rings (SSSR count). The van der Waals surface area contributed by atoms with E-state index in [-0.39, 0.29) is 11.5 Å². The summed E-state index contributed by atoms with van der Waals surface area (Å²) in [4.78, 5) is 8.56. The van der Waals surface area contributed by atoms with Gasteiger partial charge in [-0.1, -0.05) is 23.7 Å². The highest BCUT2D eigenvalue weighted by atomic mass is 35.5. The lowest BCUT2D eigenvalue weighted by Gasteiger charge is -2.12. The van der Waals surface area contributed by atoms with Gasteiger partial charge in [-0.15, -0.1) is 0 Å². The molecule has 128 valence electrons. The number of aromatic nitrogens is 2. The van der Waals surface area contributed by atoms with Crippen LogP contribution in [-0.2, 0) is 0 Å². The molecule has 1 heterocycles. The predicted molar refractivity (Wildman–Crippen MR) is 95.9 cm³/mol. The first-order valence-electron chi connectivity index (χ1n) is 7.52. The van der Waals surface area contributed by atoms with Gasteiger partial charge in [-0.05, 0) is 43.7 Å². The molecule has 0 saturated carbocycles. The van der Waals surface area contributed by atoms with E-state index in [0.29, 0.717) is 16.7 Å². The number of para-hydroxylation sites is 1. The van der Waals surface area contributed by atoms with Gasteiger partial charge in [0, 0.05) is 22.5 Å². The molecular weight excluding hydrogens is 346 g/mol. The summed E-state index contributed by atoms with van der Waals surface area (Å²) >= 11 is 6.01. The van der Waals surface area contributed by atoms with Crippen LogP contribution < -0.4 is 10.6 Å². The smallest absolute Gasteiger partial charge is 0.229 e. The van der Waals surface area contributed by atoms with E-state index in [1.54, 1.807) is 25.1 Å². The molecule has 2 aromatic carbocycles. The second-order valence-corrected chi connectivity index (χ2v) is 5.96. The molecule has 0 radical (unpaired) electrons. The SMILES string of the molecule is Cc1cc(Nc2c(F)cccc2F)nc(Nc2cc(Cl)ccc2C)n1. The number of aryl methyl sites for hydroxylation is 2. The average Bonchev–Trinajstić information content (AvgIpc) is 2.54. The second-order valence-electron chi connectivity index (χ2n) is 5.52. The molecule has 0 saturated heterocycles. The predicted octanol–water partition coefficient (Wildman–Crippen LogP) is 5.51. The lowest BCUT2D eigenvalue weighted by Crippen LogP contribution is -2.05. The fraction of sp³-hybridized carbons (Fsp3) is 0.111. The van der Waals surface area contributed by atoms with Crippen LogP contribution in [0.2, 0.25) is 5.02 Å². The van der Waals surface area contributed by atoms with E-state index in [1.807, 2.05) is 13.0 Å². The fourth-order valence-corrected chi connectivity index (χ4v) is 2.46. The van der Waals surface area contributed by atoms with E-state index in [1.165, 1.54) is 18.2 Å². The highest BCUT2D eigenvalue weighted by Crippen LogP contribution is 2.25. The molecular formula is C18H15ClF2N4. The van der Waals surface area contributed by atoms with Crippen LogP contribution in [-0.4, -0.2) is 9.97 Å². The van der Waals surface area contributed by atoms with Gasteiger partial charge in [0.15, 0.2) is 0 Å². The van der Waals surface area contributed by atoms with Crippen molar-refractivity contribution >= 4 is 34.7 Å². The van der Waals surface area contributed by atoms with E-state index in [4.69, 9.17) is 11.6 Å². The molecule has 25 heavy (non-hydrogen) atoms. The molecule has 0 unspecified atom stereocenters. The van der Waals surface area contributed by atoms with Gasteiger partial charge in [0.05, 0.1) is 0 Å². The molecule has 0 amide bonds. The lowest BCUT2D eigenvalue weighted by atomic mass is 10.2. The van der Waals surface area contributed by atoms with Crippen LogP contribution in [0.5, 0.6) is 0 Å². The number of halogens is 3. The Balaban J connectivity index is 1.92.